The lowest BCUT2D eigenvalue weighted by Crippen LogP contribution is -2.47. The Kier molecular flexibility index (Phi) is 5.70. The number of ether oxygens (including phenoxy) is 1. The van der Waals surface area contributed by atoms with Gasteiger partial charge in [0, 0.05) is 11.3 Å². The molecule has 31 heavy (non-hydrogen) atoms. The highest BCUT2D eigenvalue weighted by Crippen LogP contribution is 2.27. The second-order valence-electron chi connectivity index (χ2n) is 7.53. The molecule has 4 rings (SSSR count). The molecule has 2 amide bonds. The first-order chi connectivity index (χ1) is 14.9. The fourth-order valence-corrected chi connectivity index (χ4v) is 3.57. The second-order valence-corrected chi connectivity index (χ2v) is 7.53. The number of hydrogen-bond acceptors (Lipinski definition) is 4. The van der Waals surface area contributed by atoms with E-state index in [0.717, 1.165) is 41.8 Å². The van der Waals surface area contributed by atoms with Gasteiger partial charge in [-0.2, -0.15) is 5.10 Å². The minimum absolute atomic E-state index is 0.306. The number of carbonyl (C=O) groups is 2. The highest BCUT2D eigenvalue weighted by Gasteiger charge is 2.27. The average Bonchev–Trinajstić information content (AvgIpc) is 3.37. The van der Waals surface area contributed by atoms with Gasteiger partial charge in [0.05, 0.1) is 5.69 Å². The van der Waals surface area contributed by atoms with Crippen molar-refractivity contribution in [2.75, 3.05) is 0 Å². The Hall–Kier alpha value is -3.68. The molecule has 160 valence electrons. The van der Waals surface area contributed by atoms with Crippen molar-refractivity contribution in [2.45, 2.75) is 39.2 Å². The zero-order valence-electron chi connectivity index (χ0n) is 17.3. The molecule has 0 radical (unpaired) electrons. The Morgan fingerprint density at radius 3 is 2.48 bits per heavy atom. The molecule has 0 bridgehead atoms. The van der Waals surface area contributed by atoms with Crippen molar-refractivity contribution in [3.8, 4) is 11.4 Å². The largest absolute Gasteiger partial charge is 0.481 e. The summed E-state index contributed by atoms with van der Waals surface area (Å²) in [4.78, 5) is 25.0. The Morgan fingerprint density at radius 1 is 1.06 bits per heavy atom. The molecule has 1 atom stereocenters. The third kappa shape index (κ3) is 4.42. The topological polar surface area (TPSA) is 85.3 Å². The Balaban J connectivity index is 1.43. The van der Waals surface area contributed by atoms with Crippen LogP contribution in [0.15, 0.2) is 48.5 Å². The van der Waals surface area contributed by atoms with E-state index in [0.29, 0.717) is 11.4 Å². The van der Waals surface area contributed by atoms with Crippen LogP contribution in [-0.2, 0) is 17.6 Å². The molecule has 2 aromatic carbocycles. The maximum atomic E-state index is 13.0. The molecule has 8 heteroatoms. The van der Waals surface area contributed by atoms with Gasteiger partial charge in [-0.1, -0.05) is 17.7 Å². The number of nitrogens with one attached hydrogen (secondary N) is 2. The lowest BCUT2D eigenvalue weighted by atomic mass is 10.2. The molecule has 0 spiro atoms. The monoisotopic (exact) mass is 422 g/mol. The molecule has 1 aliphatic carbocycles. The molecule has 3 aromatic rings. The average molecular weight is 422 g/mol. The van der Waals surface area contributed by atoms with Gasteiger partial charge in [-0.25, -0.2) is 9.07 Å². The van der Waals surface area contributed by atoms with Crippen molar-refractivity contribution in [3.05, 3.63) is 76.9 Å². The summed E-state index contributed by atoms with van der Waals surface area (Å²) in [6, 6.07) is 13.3. The quantitative estimate of drug-likeness (QED) is 0.619. The number of amides is 2. The van der Waals surface area contributed by atoms with Crippen molar-refractivity contribution in [3.63, 3.8) is 0 Å². The number of benzene rings is 2. The molecule has 1 aliphatic rings. The third-order valence-electron chi connectivity index (χ3n) is 5.22. The van der Waals surface area contributed by atoms with Gasteiger partial charge in [0.25, 0.3) is 11.8 Å². The van der Waals surface area contributed by atoms with Crippen LogP contribution in [-0.4, -0.2) is 27.7 Å². The van der Waals surface area contributed by atoms with Crippen LogP contribution in [0.25, 0.3) is 5.69 Å². The van der Waals surface area contributed by atoms with E-state index in [-0.39, 0.29) is 0 Å². The predicted octanol–water partition coefficient (Wildman–Crippen LogP) is 3.04. The third-order valence-corrected chi connectivity index (χ3v) is 5.22. The minimum Gasteiger partial charge on any atom is -0.481 e. The van der Waals surface area contributed by atoms with Gasteiger partial charge in [-0.15, -0.1) is 0 Å². The molecular formula is C23H23FN4O3. The zero-order valence-corrected chi connectivity index (χ0v) is 17.3. The van der Waals surface area contributed by atoms with E-state index in [1.807, 2.05) is 31.2 Å². The highest BCUT2D eigenvalue weighted by atomic mass is 19.1. The number of nitrogens with zero attached hydrogens (tertiary/aromatic N) is 2. The summed E-state index contributed by atoms with van der Waals surface area (Å²) in [5, 5.41) is 4.52. The molecule has 1 unspecified atom stereocenters. The Bertz CT molecular complexity index is 1110. The number of fused-ring (bicyclic) bond motifs is 1. The van der Waals surface area contributed by atoms with E-state index >= 15 is 0 Å². The van der Waals surface area contributed by atoms with Gasteiger partial charge in [0.15, 0.2) is 11.8 Å². The number of hydrazine groups is 1. The van der Waals surface area contributed by atoms with Crippen LogP contribution in [0, 0.1) is 12.7 Å². The number of hydrogen-bond donors (Lipinski definition) is 2. The van der Waals surface area contributed by atoms with Gasteiger partial charge in [0.2, 0.25) is 0 Å². The van der Waals surface area contributed by atoms with Gasteiger partial charge in [-0.3, -0.25) is 20.4 Å². The SMILES string of the molecule is Cc1ccc(-n2nc(C(=O)NNC(=O)C(C)Oc3ccc(F)cc3)c3c2CCC3)cc1. The van der Waals surface area contributed by atoms with Crippen LogP contribution in [0.2, 0.25) is 0 Å². The molecule has 0 fully saturated rings. The van der Waals surface area contributed by atoms with E-state index < -0.39 is 23.7 Å². The standard InChI is InChI=1S/C23H23FN4O3/c1-14-6-10-17(11-7-14)28-20-5-3-4-19(20)21(27-28)23(30)26-25-22(29)15(2)31-18-12-8-16(24)9-13-18/h6-13,15H,3-5H2,1-2H3,(H,25,29)(H,26,30). The first kappa shape index (κ1) is 20.6. The summed E-state index contributed by atoms with van der Waals surface area (Å²) >= 11 is 0. The smallest absolute Gasteiger partial charge is 0.290 e. The molecule has 1 heterocycles. The summed E-state index contributed by atoms with van der Waals surface area (Å²) in [6.45, 7) is 3.55. The Labute approximate surface area is 179 Å². The molecule has 1 aromatic heterocycles. The van der Waals surface area contributed by atoms with Crippen LogP contribution in [0.5, 0.6) is 5.75 Å². The van der Waals surface area contributed by atoms with Crippen molar-refractivity contribution in [2.24, 2.45) is 0 Å². The van der Waals surface area contributed by atoms with Crippen molar-refractivity contribution in [1.82, 2.24) is 20.6 Å². The minimum atomic E-state index is -0.887. The first-order valence-electron chi connectivity index (χ1n) is 10.1. The normalized spacial score (nSPS) is 13.4. The van der Waals surface area contributed by atoms with Crippen LogP contribution in [0.4, 0.5) is 4.39 Å². The molecule has 0 saturated heterocycles. The predicted molar refractivity (Wildman–Crippen MR) is 112 cm³/mol. The fraction of sp³-hybridized carbons (Fsp3) is 0.261. The van der Waals surface area contributed by atoms with Gasteiger partial charge in [-0.05, 0) is 69.5 Å². The molecule has 0 saturated carbocycles. The lowest BCUT2D eigenvalue weighted by molar-refractivity contribution is -0.128. The molecular weight excluding hydrogens is 399 g/mol. The Morgan fingerprint density at radius 2 is 1.77 bits per heavy atom. The van der Waals surface area contributed by atoms with E-state index in [9.17, 15) is 14.0 Å². The van der Waals surface area contributed by atoms with Crippen LogP contribution < -0.4 is 15.6 Å². The zero-order chi connectivity index (χ0) is 22.0. The van der Waals surface area contributed by atoms with E-state index in [1.165, 1.54) is 31.2 Å². The summed E-state index contributed by atoms with van der Waals surface area (Å²) in [5.41, 5.74) is 9.07. The summed E-state index contributed by atoms with van der Waals surface area (Å²) < 4.78 is 20.3. The van der Waals surface area contributed by atoms with Crippen molar-refractivity contribution < 1.29 is 18.7 Å². The second kappa shape index (κ2) is 8.59. The van der Waals surface area contributed by atoms with Crippen LogP contribution in [0.1, 0.15) is 40.7 Å². The highest BCUT2D eigenvalue weighted by molar-refractivity contribution is 5.95. The number of rotatable bonds is 5. The van der Waals surface area contributed by atoms with Crippen LogP contribution in [0.3, 0.4) is 0 Å². The number of aryl methyl sites for hydroxylation is 1. The van der Waals surface area contributed by atoms with E-state index in [2.05, 4.69) is 16.0 Å². The van der Waals surface area contributed by atoms with Crippen molar-refractivity contribution in [1.29, 1.82) is 0 Å². The molecule has 2 N–H and O–H groups in total. The van der Waals surface area contributed by atoms with E-state index in [4.69, 9.17) is 4.74 Å². The van der Waals surface area contributed by atoms with Gasteiger partial charge < -0.3 is 4.74 Å². The summed E-state index contributed by atoms with van der Waals surface area (Å²) in [7, 11) is 0. The first-order valence-corrected chi connectivity index (χ1v) is 10.1. The summed E-state index contributed by atoms with van der Waals surface area (Å²) in [6.07, 6.45) is 1.68. The maximum Gasteiger partial charge on any atom is 0.290 e. The van der Waals surface area contributed by atoms with Gasteiger partial charge >= 0.3 is 0 Å². The molecule has 7 nitrogen and oxygen atoms in total. The van der Waals surface area contributed by atoms with E-state index in [1.54, 1.807) is 4.68 Å². The number of carbonyl (C=O) groups excluding carboxylic acids is 2. The van der Waals surface area contributed by atoms with Gasteiger partial charge in [0.1, 0.15) is 11.6 Å². The lowest BCUT2D eigenvalue weighted by Gasteiger charge is -2.15. The fourth-order valence-electron chi connectivity index (χ4n) is 3.57. The number of halogens is 1. The van der Waals surface area contributed by atoms with Crippen molar-refractivity contribution >= 4 is 11.8 Å². The molecule has 0 aliphatic heterocycles. The summed E-state index contributed by atoms with van der Waals surface area (Å²) in [5.74, 6) is -1.06. The maximum absolute atomic E-state index is 13.0. The number of aromatic nitrogens is 2. The van der Waals surface area contributed by atoms with Crippen LogP contribution >= 0.6 is 0 Å².